The third-order valence-corrected chi connectivity index (χ3v) is 4.75. The minimum absolute atomic E-state index is 0.0492. The summed E-state index contributed by atoms with van der Waals surface area (Å²) in [6.07, 6.45) is 3.87. The fourth-order valence-corrected chi connectivity index (χ4v) is 3.02. The molecule has 1 aromatic rings. The second kappa shape index (κ2) is 7.43. The summed E-state index contributed by atoms with van der Waals surface area (Å²) >= 11 is 9.27. The zero-order chi connectivity index (χ0) is 14.5. The number of amides is 1. The molecule has 20 heavy (non-hydrogen) atoms. The monoisotopic (exact) mass is 358 g/mol. The second-order valence-electron chi connectivity index (χ2n) is 5.36. The van der Waals surface area contributed by atoms with Crippen molar-refractivity contribution < 1.29 is 4.79 Å². The van der Waals surface area contributed by atoms with Gasteiger partial charge in [0, 0.05) is 22.6 Å². The molecule has 1 atom stereocenters. The first-order chi connectivity index (χ1) is 9.56. The molecule has 1 aliphatic rings. The molecule has 1 heterocycles. The smallest absolute Gasteiger partial charge is 0.251 e. The lowest BCUT2D eigenvalue weighted by Crippen LogP contribution is -2.43. The van der Waals surface area contributed by atoms with E-state index in [2.05, 4.69) is 33.1 Å². The van der Waals surface area contributed by atoms with Crippen LogP contribution in [0.2, 0.25) is 5.02 Å². The van der Waals surface area contributed by atoms with Crippen molar-refractivity contribution in [3.05, 3.63) is 33.3 Å². The molecule has 1 unspecified atom stereocenters. The number of likely N-dealkylation sites (tertiary alicyclic amines) is 1. The Hall–Kier alpha value is -0.580. The highest BCUT2D eigenvalue weighted by molar-refractivity contribution is 9.10. The van der Waals surface area contributed by atoms with Gasteiger partial charge in [0.1, 0.15) is 0 Å². The largest absolute Gasteiger partial charge is 0.348 e. The molecule has 1 N–H and O–H groups in total. The predicted molar refractivity (Wildman–Crippen MR) is 86.4 cm³/mol. The highest BCUT2D eigenvalue weighted by Crippen LogP contribution is 2.23. The van der Waals surface area contributed by atoms with Crippen LogP contribution in [0.3, 0.4) is 0 Å². The Balaban J connectivity index is 1.87. The van der Waals surface area contributed by atoms with Gasteiger partial charge in [0.25, 0.3) is 5.91 Å². The van der Waals surface area contributed by atoms with E-state index in [1.807, 2.05) is 0 Å². The van der Waals surface area contributed by atoms with Crippen LogP contribution >= 0.6 is 27.5 Å². The number of rotatable bonds is 4. The topological polar surface area (TPSA) is 32.3 Å². The van der Waals surface area contributed by atoms with Crippen molar-refractivity contribution in [1.82, 2.24) is 10.2 Å². The number of hydrogen-bond donors (Lipinski definition) is 1. The summed E-state index contributed by atoms with van der Waals surface area (Å²) in [5, 5.41) is 3.66. The van der Waals surface area contributed by atoms with Crippen LogP contribution in [0.25, 0.3) is 0 Å². The molecule has 0 aromatic heterocycles. The Morgan fingerprint density at radius 1 is 1.40 bits per heavy atom. The first-order valence-electron chi connectivity index (χ1n) is 7.04. The summed E-state index contributed by atoms with van der Waals surface area (Å²) in [4.78, 5) is 14.6. The van der Waals surface area contributed by atoms with E-state index in [0.29, 0.717) is 10.6 Å². The quantitative estimate of drug-likeness (QED) is 0.889. The molecular weight excluding hydrogens is 340 g/mol. The van der Waals surface area contributed by atoms with Crippen LogP contribution in [0, 0.1) is 0 Å². The van der Waals surface area contributed by atoms with Crippen LogP contribution in [0.1, 0.15) is 36.5 Å². The maximum atomic E-state index is 12.2. The number of carbonyl (C=O) groups is 1. The van der Waals surface area contributed by atoms with E-state index in [1.165, 1.54) is 19.3 Å². The number of halogens is 2. The number of piperidine rings is 1. The minimum Gasteiger partial charge on any atom is -0.348 e. The maximum absolute atomic E-state index is 12.2. The summed E-state index contributed by atoms with van der Waals surface area (Å²) in [7, 11) is 0. The van der Waals surface area contributed by atoms with Crippen LogP contribution in [0.4, 0.5) is 0 Å². The van der Waals surface area contributed by atoms with Crippen LogP contribution in [-0.2, 0) is 0 Å². The van der Waals surface area contributed by atoms with Gasteiger partial charge in [-0.25, -0.2) is 0 Å². The summed E-state index contributed by atoms with van der Waals surface area (Å²) < 4.78 is 0.746. The fraction of sp³-hybridized carbons (Fsp3) is 0.533. The molecular formula is C15H20BrClN2O. The van der Waals surface area contributed by atoms with Gasteiger partial charge in [-0.3, -0.25) is 4.79 Å². The molecule has 0 aliphatic carbocycles. The van der Waals surface area contributed by atoms with Crippen molar-refractivity contribution in [2.45, 2.75) is 32.2 Å². The number of hydrogen-bond acceptors (Lipinski definition) is 2. The number of benzene rings is 1. The van der Waals surface area contributed by atoms with E-state index < -0.39 is 0 Å². The highest BCUT2D eigenvalue weighted by Gasteiger charge is 2.16. The molecule has 2 rings (SSSR count). The van der Waals surface area contributed by atoms with Gasteiger partial charge in [0.2, 0.25) is 0 Å². The Morgan fingerprint density at radius 3 is 2.75 bits per heavy atom. The summed E-state index contributed by atoms with van der Waals surface area (Å²) in [6.45, 7) is 5.26. The van der Waals surface area contributed by atoms with E-state index in [0.717, 1.165) is 24.1 Å². The number of nitrogens with zero attached hydrogens (tertiary/aromatic N) is 1. The van der Waals surface area contributed by atoms with Crippen molar-refractivity contribution in [1.29, 1.82) is 0 Å². The molecule has 110 valence electrons. The Kier molecular flexibility index (Phi) is 5.87. The Bertz CT molecular complexity index is 475. The van der Waals surface area contributed by atoms with Gasteiger partial charge < -0.3 is 10.2 Å². The van der Waals surface area contributed by atoms with Crippen LogP contribution < -0.4 is 5.32 Å². The van der Waals surface area contributed by atoms with Gasteiger partial charge in [-0.1, -0.05) is 18.0 Å². The standard InChI is InChI=1S/C15H20BrClN2O/c1-11(10-19-7-3-2-4-8-19)18-15(20)12-5-6-14(17)13(16)9-12/h5-6,9,11H,2-4,7-8,10H2,1H3,(H,18,20). The SMILES string of the molecule is CC(CN1CCCCC1)NC(=O)c1ccc(Cl)c(Br)c1. The Labute approximate surface area is 133 Å². The molecule has 3 nitrogen and oxygen atoms in total. The number of nitrogens with one attached hydrogen (secondary N) is 1. The summed E-state index contributed by atoms with van der Waals surface area (Å²) in [6, 6.07) is 5.38. The number of carbonyl (C=O) groups excluding carboxylic acids is 1. The first-order valence-corrected chi connectivity index (χ1v) is 8.21. The van der Waals surface area contributed by atoms with Crippen molar-refractivity contribution >= 4 is 33.4 Å². The molecule has 0 spiro atoms. The molecule has 0 radical (unpaired) electrons. The van der Waals surface area contributed by atoms with Gasteiger partial charge >= 0.3 is 0 Å². The first kappa shape index (κ1) is 15.8. The van der Waals surface area contributed by atoms with Crippen molar-refractivity contribution in [2.24, 2.45) is 0 Å². The van der Waals surface area contributed by atoms with E-state index in [1.54, 1.807) is 18.2 Å². The van der Waals surface area contributed by atoms with Crippen LogP contribution in [-0.4, -0.2) is 36.5 Å². The molecule has 1 aliphatic heterocycles. The molecule has 1 fully saturated rings. The fourth-order valence-electron chi connectivity index (χ4n) is 2.52. The zero-order valence-electron chi connectivity index (χ0n) is 11.7. The van der Waals surface area contributed by atoms with Crippen LogP contribution in [0.15, 0.2) is 22.7 Å². The van der Waals surface area contributed by atoms with Crippen LogP contribution in [0.5, 0.6) is 0 Å². The van der Waals surface area contributed by atoms with Crippen molar-refractivity contribution in [3.63, 3.8) is 0 Å². The lowest BCUT2D eigenvalue weighted by atomic mass is 10.1. The molecule has 0 bridgehead atoms. The molecule has 0 saturated carbocycles. The van der Waals surface area contributed by atoms with Crippen molar-refractivity contribution in [2.75, 3.05) is 19.6 Å². The Morgan fingerprint density at radius 2 is 2.10 bits per heavy atom. The average Bonchev–Trinajstić information content (AvgIpc) is 2.42. The third-order valence-electron chi connectivity index (χ3n) is 3.54. The zero-order valence-corrected chi connectivity index (χ0v) is 14.0. The van der Waals surface area contributed by atoms with Gasteiger partial charge in [0.05, 0.1) is 5.02 Å². The molecule has 5 heteroatoms. The molecule has 1 saturated heterocycles. The predicted octanol–water partition coefficient (Wildman–Crippen LogP) is 3.71. The third kappa shape index (κ3) is 4.47. The van der Waals surface area contributed by atoms with Crippen molar-refractivity contribution in [3.8, 4) is 0 Å². The molecule has 1 amide bonds. The van der Waals surface area contributed by atoms with Gasteiger partial charge in [0.15, 0.2) is 0 Å². The minimum atomic E-state index is -0.0492. The highest BCUT2D eigenvalue weighted by atomic mass is 79.9. The molecule has 1 aromatic carbocycles. The lowest BCUT2D eigenvalue weighted by molar-refractivity contribution is 0.0925. The normalized spacial score (nSPS) is 17.8. The van der Waals surface area contributed by atoms with E-state index >= 15 is 0 Å². The second-order valence-corrected chi connectivity index (χ2v) is 6.63. The van der Waals surface area contributed by atoms with Gasteiger partial charge in [-0.15, -0.1) is 0 Å². The summed E-state index contributed by atoms with van der Waals surface area (Å²) in [5.41, 5.74) is 0.631. The van der Waals surface area contributed by atoms with Gasteiger partial charge in [-0.2, -0.15) is 0 Å². The lowest BCUT2D eigenvalue weighted by Gasteiger charge is -2.29. The average molecular weight is 360 g/mol. The maximum Gasteiger partial charge on any atom is 0.251 e. The van der Waals surface area contributed by atoms with E-state index in [-0.39, 0.29) is 11.9 Å². The van der Waals surface area contributed by atoms with E-state index in [9.17, 15) is 4.79 Å². The van der Waals surface area contributed by atoms with Gasteiger partial charge in [-0.05, 0) is 67.0 Å². The van der Waals surface area contributed by atoms with E-state index in [4.69, 9.17) is 11.6 Å². The summed E-state index contributed by atoms with van der Waals surface area (Å²) in [5.74, 6) is -0.0492.